The molecule has 190 valence electrons. The first kappa shape index (κ1) is 28.1. The number of azide groups is 1. The van der Waals surface area contributed by atoms with E-state index in [-0.39, 0.29) is 30.0 Å². The third kappa shape index (κ3) is 6.49. The molecule has 10 heteroatoms. The summed E-state index contributed by atoms with van der Waals surface area (Å²) in [6, 6.07) is -0.874. The highest BCUT2D eigenvalue weighted by Gasteiger charge is 2.55. The summed E-state index contributed by atoms with van der Waals surface area (Å²) in [4.78, 5) is 15.8. The largest absolute Gasteiger partial charge is 0.459 e. The maximum Gasteiger partial charge on any atom is 0.306 e. The molecule has 33 heavy (non-hydrogen) atoms. The van der Waals surface area contributed by atoms with Crippen LogP contribution in [0.5, 0.6) is 0 Å². The molecule has 6 atom stereocenters. The third-order valence-electron chi connectivity index (χ3n) is 7.70. The second-order valence-electron chi connectivity index (χ2n) is 11.2. The lowest BCUT2D eigenvalue weighted by atomic mass is 9.95. The lowest BCUT2D eigenvalue weighted by Gasteiger charge is -2.52. The molecule has 2 heterocycles. The zero-order chi connectivity index (χ0) is 25.2. The molecule has 2 aliphatic heterocycles. The fourth-order valence-corrected chi connectivity index (χ4v) is 6.46. The molecule has 0 bridgehead atoms. The van der Waals surface area contributed by atoms with E-state index in [0.29, 0.717) is 5.92 Å². The summed E-state index contributed by atoms with van der Waals surface area (Å²) >= 11 is 0. The van der Waals surface area contributed by atoms with Crippen LogP contribution in [0, 0.1) is 11.8 Å². The average molecular weight is 486 g/mol. The van der Waals surface area contributed by atoms with E-state index in [2.05, 4.69) is 50.8 Å². The number of esters is 1. The van der Waals surface area contributed by atoms with Gasteiger partial charge in [-0.15, -0.1) is 0 Å². The van der Waals surface area contributed by atoms with Crippen molar-refractivity contribution in [2.75, 3.05) is 6.61 Å². The quantitative estimate of drug-likeness (QED) is 0.139. The van der Waals surface area contributed by atoms with Gasteiger partial charge >= 0.3 is 5.97 Å². The minimum absolute atomic E-state index is 0.0849. The second-order valence-corrected chi connectivity index (χ2v) is 15.8. The van der Waals surface area contributed by atoms with E-state index in [1.165, 1.54) is 0 Å². The van der Waals surface area contributed by atoms with E-state index in [0.717, 1.165) is 6.42 Å². The highest BCUT2D eigenvalue weighted by Crippen LogP contribution is 2.46. The zero-order valence-electron chi connectivity index (χ0n) is 22.0. The van der Waals surface area contributed by atoms with E-state index >= 15 is 0 Å². The molecule has 0 N–H and O–H groups in total. The van der Waals surface area contributed by atoms with Gasteiger partial charge in [-0.1, -0.05) is 53.1 Å². The minimum atomic E-state index is -2.37. The molecule has 0 radical (unpaired) electrons. The van der Waals surface area contributed by atoms with Crippen LogP contribution < -0.4 is 0 Å². The molecule has 0 aromatic heterocycles. The van der Waals surface area contributed by atoms with Crippen molar-refractivity contribution < 1.29 is 28.2 Å². The van der Waals surface area contributed by atoms with Gasteiger partial charge in [-0.25, -0.2) is 0 Å². The molecule has 2 rings (SSSR count). The topological polar surface area (TPSA) is 112 Å². The van der Waals surface area contributed by atoms with Gasteiger partial charge in [-0.2, -0.15) is 0 Å². The molecule has 0 aromatic rings. The predicted molar refractivity (Wildman–Crippen MR) is 128 cm³/mol. The number of carbonyl (C=O) groups is 1. The van der Waals surface area contributed by atoms with Crippen molar-refractivity contribution in [1.29, 1.82) is 0 Å². The SMILES string of the molecule is CC[C@@H](C)CC(=O)O[C@@H]1C(N=[N+]=[N-])[C@H](O[Si](C)(C)C(C)(C)C(C)C)OC2COC(C)(C)O[C@H]21. The first-order valence-corrected chi connectivity index (χ1v) is 14.9. The van der Waals surface area contributed by atoms with Gasteiger partial charge in [0.1, 0.15) is 24.4 Å². The van der Waals surface area contributed by atoms with E-state index in [1.807, 2.05) is 13.8 Å². The highest BCUT2D eigenvalue weighted by atomic mass is 28.4. The fourth-order valence-electron chi connectivity index (χ4n) is 3.99. The van der Waals surface area contributed by atoms with Crippen LogP contribution in [0.1, 0.15) is 68.2 Å². The van der Waals surface area contributed by atoms with Gasteiger partial charge < -0.3 is 23.4 Å². The summed E-state index contributed by atoms with van der Waals surface area (Å²) in [5, 5.41) is 3.92. The van der Waals surface area contributed by atoms with Gasteiger partial charge in [0.05, 0.1) is 6.61 Å². The standard InChI is InChI=1S/C23H43N3O6Si/c1-11-15(4)12-17(27)30-20-18(25-26-24)21(32-33(9,10)22(5,6)14(2)3)29-16-13-28-23(7,8)31-19(16)20/h14-16,18-21H,11-13H2,1-10H3/t15-,16?,18?,19-,20-,21+/m1/s1. The molecule has 0 spiro atoms. The van der Waals surface area contributed by atoms with Gasteiger partial charge in [-0.3, -0.25) is 4.79 Å². The smallest absolute Gasteiger partial charge is 0.306 e. The molecule has 0 amide bonds. The summed E-state index contributed by atoms with van der Waals surface area (Å²) in [7, 11) is -2.37. The Bertz CT molecular complexity index is 738. The number of hydrogen-bond acceptors (Lipinski definition) is 7. The van der Waals surface area contributed by atoms with Crippen molar-refractivity contribution in [2.45, 2.75) is 123 Å². The predicted octanol–water partition coefficient (Wildman–Crippen LogP) is 5.55. The summed E-state index contributed by atoms with van der Waals surface area (Å²) in [6.07, 6.45) is -1.70. The Kier molecular flexibility index (Phi) is 9.04. The van der Waals surface area contributed by atoms with Crippen LogP contribution in [0.4, 0.5) is 0 Å². The Morgan fingerprint density at radius 3 is 2.48 bits per heavy atom. The molecule has 2 unspecified atom stereocenters. The summed E-state index contributed by atoms with van der Waals surface area (Å²) in [5.41, 5.74) is 9.37. The van der Waals surface area contributed by atoms with Crippen LogP contribution in [0.2, 0.25) is 18.1 Å². The van der Waals surface area contributed by atoms with Crippen LogP contribution in [0.15, 0.2) is 5.11 Å². The van der Waals surface area contributed by atoms with E-state index < -0.39 is 44.7 Å². The third-order valence-corrected chi connectivity index (χ3v) is 12.2. The molecule has 0 saturated carbocycles. The molecule has 0 aromatic carbocycles. The highest BCUT2D eigenvalue weighted by molar-refractivity contribution is 6.74. The number of carbonyl (C=O) groups excluding carboxylic acids is 1. The van der Waals surface area contributed by atoms with Crippen LogP contribution in [-0.2, 0) is 28.2 Å². The number of fused-ring (bicyclic) bond motifs is 1. The second kappa shape index (κ2) is 10.6. The Hall–Kier alpha value is -1.16. The Labute approximate surface area is 199 Å². The lowest BCUT2D eigenvalue weighted by Crippen LogP contribution is -2.66. The number of hydrogen-bond donors (Lipinski definition) is 0. The summed E-state index contributed by atoms with van der Waals surface area (Å²) < 4.78 is 30.8. The van der Waals surface area contributed by atoms with Crippen molar-refractivity contribution in [3.05, 3.63) is 10.4 Å². The first-order chi connectivity index (χ1) is 15.1. The van der Waals surface area contributed by atoms with Gasteiger partial charge in [0.25, 0.3) is 0 Å². The monoisotopic (exact) mass is 485 g/mol. The molecular weight excluding hydrogens is 442 g/mol. The van der Waals surface area contributed by atoms with Crippen LogP contribution in [0.25, 0.3) is 10.4 Å². The fraction of sp³-hybridized carbons (Fsp3) is 0.957. The summed E-state index contributed by atoms with van der Waals surface area (Å²) in [5.74, 6) is -0.671. The first-order valence-electron chi connectivity index (χ1n) is 12.0. The van der Waals surface area contributed by atoms with E-state index in [9.17, 15) is 10.3 Å². The van der Waals surface area contributed by atoms with Gasteiger partial charge in [0, 0.05) is 11.3 Å². The maximum atomic E-state index is 12.8. The maximum absolute atomic E-state index is 12.8. The van der Waals surface area contributed by atoms with Crippen molar-refractivity contribution >= 4 is 14.3 Å². The van der Waals surface area contributed by atoms with E-state index in [4.69, 9.17) is 23.4 Å². The molecule has 2 aliphatic rings. The van der Waals surface area contributed by atoms with Crippen LogP contribution in [-0.4, -0.2) is 57.3 Å². The Morgan fingerprint density at radius 1 is 1.30 bits per heavy atom. The Morgan fingerprint density at radius 2 is 1.94 bits per heavy atom. The van der Waals surface area contributed by atoms with Crippen molar-refractivity contribution in [1.82, 2.24) is 0 Å². The van der Waals surface area contributed by atoms with Gasteiger partial charge in [0.2, 0.25) is 0 Å². The normalized spacial score (nSPS) is 30.8. The minimum Gasteiger partial charge on any atom is -0.459 e. The molecular formula is C23H43N3O6Si. The van der Waals surface area contributed by atoms with Gasteiger partial charge in [-0.05, 0) is 49.3 Å². The Balaban J connectivity index is 2.40. The van der Waals surface area contributed by atoms with Crippen molar-refractivity contribution in [3.8, 4) is 0 Å². The van der Waals surface area contributed by atoms with Crippen LogP contribution >= 0.6 is 0 Å². The van der Waals surface area contributed by atoms with Gasteiger partial charge in [0.15, 0.2) is 20.4 Å². The summed E-state index contributed by atoms with van der Waals surface area (Å²) in [6.45, 7) is 20.9. The number of ether oxygens (including phenoxy) is 4. The van der Waals surface area contributed by atoms with Crippen molar-refractivity contribution in [3.63, 3.8) is 0 Å². The zero-order valence-corrected chi connectivity index (χ0v) is 23.0. The average Bonchev–Trinajstić information content (AvgIpc) is 2.69. The van der Waals surface area contributed by atoms with Crippen LogP contribution in [0.3, 0.4) is 0 Å². The molecule has 0 aliphatic carbocycles. The van der Waals surface area contributed by atoms with Crippen molar-refractivity contribution in [2.24, 2.45) is 17.0 Å². The lowest BCUT2D eigenvalue weighted by molar-refractivity contribution is -0.361. The van der Waals surface area contributed by atoms with E-state index in [1.54, 1.807) is 13.8 Å². The molecule has 2 fully saturated rings. The number of nitrogens with zero attached hydrogens (tertiary/aromatic N) is 3. The number of rotatable bonds is 9. The molecule has 9 nitrogen and oxygen atoms in total. The molecule has 2 saturated heterocycles.